The van der Waals surface area contributed by atoms with E-state index in [-0.39, 0.29) is 24.1 Å². The van der Waals surface area contributed by atoms with Crippen molar-refractivity contribution in [1.82, 2.24) is 10.2 Å². The van der Waals surface area contributed by atoms with Crippen molar-refractivity contribution in [2.75, 3.05) is 19.6 Å². The molecule has 1 heterocycles. The van der Waals surface area contributed by atoms with Crippen molar-refractivity contribution in [3.8, 4) is 0 Å². The molecular weight excluding hydrogens is 337 g/mol. The van der Waals surface area contributed by atoms with E-state index in [0.29, 0.717) is 28.7 Å². The van der Waals surface area contributed by atoms with E-state index in [1.54, 1.807) is 11.0 Å². The van der Waals surface area contributed by atoms with Gasteiger partial charge in [-0.2, -0.15) is 0 Å². The quantitative estimate of drug-likeness (QED) is 0.767. The summed E-state index contributed by atoms with van der Waals surface area (Å²) in [5.74, 6) is -0.547. The van der Waals surface area contributed by atoms with Crippen LogP contribution < -0.4 is 11.1 Å². The third kappa shape index (κ3) is 4.18. The second-order valence-electron chi connectivity index (χ2n) is 5.32. The molecule has 0 bridgehead atoms. The molecule has 0 aromatic heterocycles. The Morgan fingerprint density at radius 3 is 2.70 bits per heavy atom. The van der Waals surface area contributed by atoms with Gasteiger partial charge in [0.15, 0.2) is 0 Å². The number of nitrogens with two attached hydrogens (primary N) is 1. The first kappa shape index (κ1) is 17.6. The first-order valence-electron chi connectivity index (χ1n) is 7.44. The fourth-order valence-electron chi connectivity index (χ4n) is 2.39. The molecule has 2 rings (SSSR count). The van der Waals surface area contributed by atoms with Gasteiger partial charge in [-0.15, -0.1) is 0 Å². The Morgan fingerprint density at radius 1 is 1.35 bits per heavy atom. The van der Waals surface area contributed by atoms with E-state index in [1.807, 2.05) is 19.1 Å². The molecule has 0 unspecified atom stereocenters. The van der Waals surface area contributed by atoms with Gasteiger partial charge in [-0.05, 0) is 37.5 Å². The van der Waals surface area contributed by atoms with Crippen LogP contribution in [-0.2, 0) is 16.0 Å². The van der Waals surface area contributed by atoms with Crippen LogP contribution in [0.1, 0.15) is 18.9 Å². The molecule has 0 radical (unpaired) electrons. The zero-order valence-electron chi connectivity index (χ0n) is 12.9. The van der Waals surface area contributed by atoms with Gasteiger partial charge in [-0.25, -0.2) is 0 Å². The van der Waals surface area contributed by atoms with E-state index < -0.39 is 0 Å². The van der Waals surface area contributed by atoms with Crippen LogP contribution >= 0.6 is 23.2 Å². The highest BCUT2D eigenvalue weighted by Gasteiger charge is 2.30. The minimum absolute atomic E-state index is 0.0498. The molecule has 1 aromatic rings. The zero-order valence-corrected chi connectivity index (χ0v) is 14.4. The summed E-state index contributed by atoms with van der Waals surface area (Å²) in [6, 6.07) is 5.49. The fourth-order valence-corrected chi connectivity index (χ4v) is 2.71. The second-order valence-corrected chi connectivity index (χ2v) is 6.13. The van der Waals surface area contributed by atoms with Crippen molar-refractivity contribution >= 4 is 35.0 Å². The molecular formula is C16H19Cl2N3O2. The number of hydrogen-bond donors (Lipinski definition) is 2. The van der Waals surface area contributed by atoms with Gasteiger partial charge in [-0.3, -0.25) is 9.59 Å². The van der Waals surface area contributed by atoms with Gasteiger partial charge < -0.3 is 16.0 Å². The van der Waals surface area contributed by atoms with E-state index in [9.17, 15) is 9.59 Å². The topological polar surface area (TPSA) is 75.4 Å². The maximum Gasteiger partial charge on any atom is 0.270 e. The van der Waals surface area contributed by atoms with Crippen LogP contribution in [0.5, 0.6) is 0 Å². The molecule has 124 valence electrons. The largest absolute Gasteiger partial charge is 0.394 e. The molecule has 0 spiro atoms. The highest BCUT2D eigenvalue weighted by atomic mass is 35.5. The Kier molecular flexibility index (Phi) is 5.91. The number of nitrogens with one attached hydrogen (secondary N) is 1. The molecule has 5 nitrogen and oxygen atoms in total. The summed E-state index contributed by atoms with van der Waals surface area (Å²) in [6.45, 7) is 3.16. The average Bonchev–Trinajstić information content (AvgIpc) is 2.82. The Morgan fingerprint density at radius 2 is 2.09 bits per heavy atom. The van der Waals surface area contributed by atoms with Crippen LogP contribution in [0, 0.1) is 0 Å². The fraction of sp³-hybridized carbons (Fsp3) is 0.375. The van der Waals surface area contributed by atoms with Crippen molar-refractivity contribution < 1.29 is 9.59 Å². The predicted octanol–water partition coefficient (Wildman–Crippen LogP) is 2.12. The van der Waals surface area contributed by atoms with Gasteiger partial charge in [0, 0.05) is 13.1 Å². The van der Waals surface area contributed by atoms with Crippen LogP contribution in [0.4, 0.5) is 0 Å². The smallest absolute Gasteiger partial charge is 0.270 e. The lowest BCUT2D eigenvalue weighted by Gasteiger charge is -2.12. The molecule has 1 aromatic carbocycles. The minimum atomic E-state index is -0.277. The molecule has 2 amide bonds. The number of amides is 2. The lowest BCUT2D eigenvalue weighted by Crippen LogP contribution is -2.30. The van der Waals surface area contributed by atoms with Crippen LogP contribution in [0.15, 0.2) is 29.5 Å². The number of halogens is 2. The van der Waals surface area contributed by atoms with Gasteiger partial charge in [0.05, 0.1) is 22.2 Å². The number of carbonyl (C=O) groups excluding carboxylic acids is 2. The van der Waals surface area contributed by atoms with Crippen LogP contribution in [0.2, 0.25) is 10.0 Å². The highest BCUT2D eigenvalue weighted by molar-refractivity contribution is 6.42. The molecule has 3 N–H and O–H groups in total. The van der Waals surface area contributed by atoms with E-state index in [1.165, 1.54) is 0 Å². The molecule has 1 aliphatic rings. The first-order valence-corrected chi connectivity index (χ1v) is 8.19. The maximum atomic E-state index is 12.1. The molecule has 1 aliphatic heterocycles. The molecule has 0 saturated carbocycles. The van der Waals surface area contributed by atoms with Crippen LogP contribution in [0.3, 0.4) is 0 Å². The number of rotatable bonds is 6. The van der Waals surface area contributed by atoms with Gasteiger partial charge in [0.1, 0.15) is 5.70 Å². The number of hydrogen-bond acceptors (Lipinski definition) is 3. The standard InChI is InChI=1S/C16H19Cl2N3O2/c1-2-21-9-11(14(19)16(21)23)15(22)20-7-3-4-10-5-6-12(17)13(18)8-10/h5-6,8H,2-4,7,9,19H2,1H3,(H,20,22). The third-order valence-corrected chi connectivity index (χ3v) is 4.50. The minimum Gasteiger partial charge on any atom is -0.394 e. The number of carbonyl (C=O) groups is 2. The first-order chi connectivity index (χ1) is 10.9. The van der Waals surface area contributed by atoms with Gasteiger partial charge in [-0.1, -0.05) is 29.3 Å². The molecule has 23 heavy (non-hydrogen) atoms. The maximum absolute atomic E-state index is 12.1. The molecule has 7 heteroatoms. The van der Waals surface area contributed by atoms with Gasteiger partial charge in [0.2, 0.25) is 0 Å². The summed E-state index contributed by atoms with van der Waals surface area (Å²) in [4.78, 5) is 25.4. The molecule has 0 atom stereocenters. The summed E-state index contributed by atoms with van der Waals surface area (Å²) in [5.41, 5.74) is 7.17. The van der Waals surface area contributed by atoms with Gasteiger partial charge in [0.25, 0.3) is 11.8 Å². The number of nitrogens with zero attached hydrogens (tertiary/aromatic N) is 1. The van der Waals surface area contributed by atoms with E-state index in [4.69, 9.17) is 28.9 Å². The number of likely N-dealkylation sites (N-methyl/N-ethyl adjacent to an activating group) is 1. The number of aryl methyl sites for hydroxylation is 1. The SMILES string of the molecule is CCN1CC(C(=O)NCCCc2ccc(Cl)c(Cl)c2)=C(N)C1=O. The van der Waals surface area contributed by atoms with Gasteiger partial charge >= 0.3 is 0 Å². The summed E-state index contributed by atoms with van der Waals surface area (Å²) < 4.78 is 0. The third-order valence-electron chi connectivity index (χ3n) is 3.76. The zero-order chi connectivity index (χ0) is 17.0. The highest BCUT2D eigenvalue weighted by Crippen LogP contribution is 2.23. The lowest BCUT2D eigenvalue weighted by molar-refractivity contribution is -0.125. The Bertz CT molecular complexity index is 659. The summed E-state index contributed by atoms with van der Waals surface area (Å²) >= 11 is 11.8. The monoisotopic (exact) mass is 355 g/mol. The van der Waals surface area contributed by atoms with E-state index in [0.717, 1.165) is 18.4 Å². The summed E-state index contributed by atoms with van der Waals surface area (Å²) in [6.07, 6.45) is 1.52. The molecule has 0 aliphatic carbocycles. The molecule has 0 fully saturated rings. The Hall–Kier alpha value is -1.72. The second kappa shape index (κ2) is 7.70. The van der Waals surface area contributed by atoms with Crippen molar-refractivity contribution in [2.24, 2.45) is 5.73 Å². The summed E-state index contributed by atoms with van der Waals surface area (Å²) in [7, 11) is 0. The van der Waals surface area contributed by atoms with Crippen molar-refractivity contribution in [2.45, 2.75) is 19.8 Å². The average molecular weight is 356 g/mol. The Balaban J connectivity index is 1.81. The van der Waals surface area contributed by atoms with Crippen molar-refractivity contribution in [3.63, 3.8) is 0 Å². The lowest BCUT2D eigenvalue weighted by atomic mass is 10.1. The Labute approximate surface area is 145 Å². The van der Waals surface area contributed by atoms with E-state index >= 15 is 0 Å². The molecule has 0 saturated heterocycles. The summed E-state index contributed by atoms with van der Waals surface area (Å²) in [5, 5.41) is 3.85. The van der Waals surface area contributed by atoms with Crippen LogP contribution in [0.25, 0.3) is 0 Å². The predicted molar refractivity (Wildman–Crippen MR) is 91.3 cm³/mol. The van der Waals surface area contributed by atoms with Crippen molar-refractivity contribution in [1.29, 1.82) is 0 Å². The van der Waals surface area contributed by atoms with Crippen molar-refractivity contribution in [3.05, 3.63) is 45.1 Å². The van der Waals surface area contributed by atoms with E-state index in [2.05, 4.69) is 5.32 Å². The van der Waals surface area contributed by atoms with Crippen LogP contribution in [-0.4, -0.2) is 36.3 Å². The normalized spacial score (nSPS) is 14.6. The number of benzene rings is 1.